The second-order valence-corrected chi connectivity index (χ2v) is 8.98. The summed E-state index contributed by atoms with van der Waals surface area (Å²) in [6.07, 6.45) is 0. The van der Waals surface area contributed by atoms with Gasteiger partial charge in [0.25, 0.3) is 15.9 Å². The number of amides is 1. The van der Waals surface area contributed by atoms with Gasteiger partial charge in [-0.2, -0.15) is 0 Å². The highest BCUT2D eigenvalue weighted by molar-refractivity contribution is 7.92. The third-order valence-corrected chi connectivity index (χ3v) is 5.31. The minimum absolute atomic E-state index is 0.0681. The lowest BCUT2D eigenvalue weighted by Crippen LogP contribution is -2.40. The molecule has 2 N–H and O–H groups in total. The molecule has 0 aliphatic heterocycles. The minimum Gasteiger partial charge on any atom is -0.465 e. The maximum absolute atomic E-state index is 13.0. The van der Waals surface area contributed by atoms with E-state index in [0.717, 1.165) is 0 Å². The van der Waals surface area contributed by atoms with Crippen molar-refractivity contribution >= 4 is 27.6 Å². The van der Waals surface area contributed by atoms with Crippen LogP contribution in [0.3, 0.4) is 0 Å². The van der Waals surface area contributed by atoms with Gasteiger partial charge in [0.2, 0.25) is 0 Å². The first kappa shape index (κ1) is 21.4. The van der Waals surface area contributed by atoms with Crippen LogP contribution in [0.4, 0.5) is 5.69 Å². The molecule has 28 heavy (non-hydrogen) atoms. The van der Waals surface area contributed by atoms with Gasteiger partial charge in [-0.15, -0.1) is 0 Å². The van der Waals surface area contributed by atoms with Crippen molar-refractivity contribution in [3.63, 3.8) is 0 Å². The number of nitrogens with one attached hydrogen (secondary N) is 2. The number of carbonyl (C=O) groups is 2. The van der Waals surface area contributed by atoms with Gasteiger partial charge in [-0.3, -0.25) is 9.52 Å². The first-order valence-corrected chi connectivity index (χ1v) is 10.1. The molecule has 0 saturated carbocycles. The normalized spacial score (nSPS) is 11.6. The van der Waals surface area contributed by atoms with Crippen LogP contribution in [0.1, 0.15) is 47.1 Å². The predicted octanol–water partition coefficient (Wildman–Crippen LogP) is 3.11. The molecule has 0 aromatic heterocycles. The molecule has 150 valence electrons. The number of esters is 1. The van der Waals surface area contributed by atoms with Crippen molar-refractivity contribution in [3.8, 4) is 0 Å². The predicted molar refractivity (Wildman–Crippen MR) is 107 cm³/mol. The number of hydrogen-bond donors (Lipinski definition) is 2. The lowest BCUT2D eigenvalue weighted by Gasteiger charge is -2.22. The number of hydrogen-bond acceptors (Lipinski definition) is 5. The number of anilines is 1. The van der Waals surface area contributed by atoms with Crippen molar-refractivity contribution < 1.29 is 22.7 Å². The van der Waals surface area contributed by atoms with E-state index in [1.807, 2.05) is 20.8 Å². The Morgan fingerprint density at radius 3 is 2.29 bits per heavy atom. The van der Waals surface area contributed by atoms with Crippen molar-refractivity contribution in [3.05, 3.63) is 59.2 Å². The summed E-state index contributed by atoms with van der Waals surface area (Å²) in [5, 5.41) is 2.81. The van der Waals surface area contributed by atoms with Crippen LogP contribution < -0.4 is 10.0 Å². The molecule has 0 fully saturated rings. The first-order chi connectivity index (χ1) is 12.9. The molecule has 0 spiro atoms. The second-order valence-electron chi connectivity index (χ2n) is 7.33. The molecule has 0 heterocycles. The van der Waals surface area contributed by atoms with Crippen molar-refractivity contribution in [1.29, 1.82) is 0 Å². The highest BCUT2D eigenvalue weighted by Crippen LogP contribution is 2.24. The SMILES string of the molecule is COC(=O)c1ccc(C)c(S(=O)(=O)Nc2ccccc2C(=O)NC(C)(C)C)c1. The monoisotopic (exact) mass is 404 g/mol. The van der Waals surface area contributed by atoms with Gasteiger partial charge >= 0.3 is 5.97 Å². The molecular weight excluding hydrogens is 380 g/mol. The molecule has 0 unspecified atom stereocenters. The fourth-order valence-corrected chi connectivity index (χ4v) is 3.86. The standard InChI is InChI=1S/C20H24N2O5S/c1-13-10-11-14(19(24)27-5)12-17(13)28(25,26)22-16-9-7-6-8-15(16)18(23)21-20(2,3)4/h6-12,22H,1-5H3,(H,21,23). The molecule has 2 rings (SSSR count). The average Bonchev–Trinajstić information content (AvgIpc) is 2.60. The van der Waals surface area contributed by atoms with Crippen LogP contribution >= 0.6 is 0 Å². The van der Waals surface area contributed by atoms with Gasteiger partial charge in [0.05, 0.1) is 28.8 Å². The largest absolute Gasteiger partial charge is 0.465 e. The van der Waals surface area contributed by atoms with Crippen LogP contribution in [-0.2, 0) is 14.8 Å². The quantitative estimate of drug-likeness (QED) is 0.746. The van der Waals surface area contributed by atoms with Crippen LogP contribution in [-0.4, -0.2) is 32.9 Å². The molecular formula is C20H24N2O5S. The number of sulfonamides is 1. The third-order valence-electron chi connectivity index (χ3n) is 3.80. The smallest absolute Gasteiger partial charge is 0.337 e. The maximum atomic E-state index is 13.0. The van der Waals surface area contributed by atoms with E-state index in [2.05, 4.69) is 14.8 Å². The Hall–Kier alpha value is -2.87. The van der Waals surface area contributed by atoms with E-state index in [9.17, 15) is 18.0 Å². The van der Waals surface area contributed by atoms with Crippen molar-refractivity contribution in [1.82, 2.24) is 5.32 Å². The van der Waals surface area contributed by atoms with Crippen molar-refractivity contribution in [2.45, 2.75) is 38.1 Å². The van der Waals surface area contributed by atoms with Crippen LogP contribution in [0.15, 0.2) is 47.4 Å². The number of benzene rings is 2. The zero-order valence-electron chi connectivity index (χ0n) is 16.5. The van der Waals surface area contributed by atoms with Gasteiger partial charge in [-0.25, -0.2) is 13.2 Å². The molecule has 0 aliphatic rings. The van der Waals surface area contributed by atoms with Gasteiger partial charge < -0.3 is 10.1 Å². The Balaban J connectivity index is 2.44. The Kier molecular flexibility index (Phi) is 6.14. The summed E-state index contributed by atoms with van der Waals surface area (Å²) < 4.78 is 33.0. The van der Waals surface area contributed by atoms with Gasteiger partial charge in [-0.05, 0) is 57.5 Å². The van der Waals surface area contributed by atoms with E-state index >= 15 is 0 Å². The molecule has 1 amide bonds. The fourth-order valence-electron chi connectivity index (χ4n) is 2.51. The average molecular weight is 404 g/mol. The molecule has 0 saturated heterocycles. The summed E-state index contributed by atoms with van der Waals surface area (Å²) in [5.74, 6) is -1.03. The third kappa shape index (κ3) is 5.10. The van der Waals surface area contributed by atoms with Crippen LogP contribution in [0.5, 0.6) is 0 Å². The summed E-state index contributed by atoms with van der Waals surface area (Å²) in [6.45, 7) is 7.12. The molecule has 0 radical (unpaired) electrons. The van der Waals surface area contributed by atoms with E-state index < -0.39 is 27.4 Å². The maximum Gasteiger partial charge on any atom is 0.337 e. The zero-order valence-corrected chi connectivity index (χ0v) is 17.3. The fraction of sp³-hybridized carbons (Fsp3) is 0.300. The minimum atomic E-state index is -4.05. The van der Waals surface area contributed by atoms with E-state index in [4.69, 9.17) is 0 Å². The summed E-state index contributed by atoms with van der Waals surface area (Å²) >= 11 is 0. The van der Waals surface area contributed by atoms with Crippen LogP contribution in [0, 0.1) is 6.92 Å². The van der Waals surface area contributed by atoms with Gasteiger partial charge in [0, 0.05) is 5.54 Å². The van der Waals surface area contributed by atoms with Crippen molar-refractivity contribution in [2.75, 3.05) is 11.8 Å². The van der Waals surface area contributed by atoms with E-state index in [1.54, 1.807) is 19.1 Å². The lowest BCUT2D eigenvalue weighted by atomic mass is 10.1. The van der Waals surface area contributed by atoms with E-state index in [0.29, 0.717) is 5.56 Å². The number of ether oxygens (including phenoxy) is 1. The summed E-state index contributed by atoms with van der Waals surface area (Å²) in [7, 11) is -2.82. The lowest BCUT2D eigenvalue weighted by molar-refractivity contribution is 0.0600. The molecule has 0 aliphatic carbocycles. The van der Waals surface area contributed by atoms with Gasteiger partial charge in [0.1, 0.15) is 0 Å². The number of aryl methyl sites for hydroxylation is 1. The van der Waals surface area contributed by atoms with Gasteiger partial charge in [-0.1, -0.05) is 18.2 Å². The Bertz CT molecular complexity index is 1010. The Labute approximate surface area is 165 Å². The first-order valence-electron chi connectivity index (χ1n) is 8.58. The van der Waals surface area contributed by atoms with Crippen LogP contribution in [0.25, 0.3) is 0 Å². The van der Waals surface area contributed by atoms with Crippen LogP contribution in [0.2, 0.25) is 0 Å². The second kappa shape index (κ2) is 8.02. The summed E-state index contributed by atoms with van der Waals surface area (Å²) in [5.41, 5.74) is 0.438. The Morgan fingerprint density at radius 2 is 1.68 bits per heavy atom. The molecule has 7 nitrogen and oxygen atoms in total. The number of para-hydroxylation sites is 1. The van der Waals surface area contributed by atoms with Gasteiger partial charge in [0.15, 0.2) is 0 Å². The molecule has 0 bridgehead atoms. The molecule has 2 aromatic carbocycles. The van der Waals surface area contributed by atoms with Crippen molar-refractivity contribution in [2.24, 2.45) is 0 Å². The topological polar surface area (TPSA) is 102 Å². The number of carbonyl (C=O) groups excluding carboxylic acids is 2. The summed E-state index contributed by atoms with van der Waals surface area (Å²) in [4.78, 5) is 24.2. The number of methoxy groups -OCH3 is 1. The molecule has 8 heteroatoms. The zero-order chi connectivity index (χ0) is 21.1. The highest BCUT2D eigenvalue weighted by Gasteiger charge is 2.23. The molecule has 0 atom stereocenters. The van der Waals surface area contributed by atoms with E-state index in [-0.39, 0.29) is 21.7 Å². The summed E-state index contributed by atoms with van der Waals surface area (Å²) in [6, 6.07) is 10.6. The highest BCUT2D eigenvalue weighted by atomic mass is 32.2. The Morgan fingerprint density at radius 1 is 1.04 bits per heavy atom. The molecule has 2 aromatic rings. The number of rotatable bonds is 5. The van der Waals surface area contributed by atoms with E-state index in [1.165, 1.54) is 37.4 Å².